The van der Waals surface area contributed by atoms with Crippen molar-refractivity contribution in [3.05, 3.63) is 42.0 Å². The Morgan fingerprint density at radius 3 is 2.58 bits per heavy atom. The Labute approximate surface area is 115 Å². The summed E-state index contributed by atoms with van der Waals surface area (Å²) in [5, 5.41) is 14.0. The summed E-state index contributed by atoms with van der Waals surface area (Å²) in [6.07, 6.45) is 0. The minimum absolute atomic E-state index is 0.774. The van der Waals surface area contributed by atoms with Gasteiger partial charge in [-0.1, -0.05) is 36.8 Å². The standard InChI is InChI=1S/C14H14N4S/c1-3-19-13-9-8-12-15-16-14(18(12)17-13)11-6-4-10(2)5-7-11/h4-9H,3H2,1-2H3. The molecule has 0 amide bonds. The van der Waals surface area contributed by atoms with Crippen LogP contribution < -0.4 is 0 Å². The van der Waals surface area contributed by atoms with Gasteiger partial charge >= 0.3 is 0 Å². The van der Waals surface area contributed by atoms with Crippen LogP contribution in [0.2, 0.25) is 0 Å². The molecule has 2 heterocycles. The van der Waals surface area contributed by atoms with Gasteiger partial charge in [-0.25, -0.2) is 0 Å². The predicted octanol–water partition coefficient (Wildman–Crippen LogP) is 3.21. The van der Waals surface area contributed by atoms with Crippen molar-refractivity contribution in [2.24, 2.45) is 0 Å². The summed E-state index contributed by atoms with van der Waals surface area (Å²) in [6, 6.07) is 12.2. The molecule has 0 aliphatic rings. The minimum atomic E-state index is 0.774. The van der Waals surface area contributed by atoms with Crippen LogP contribution in [0.1, 0.15) is 12.5 Å². The molecule has 0 spiro atoms. The lowest BCUT2D eigenvalue weighted by molar-refractivity contribution is 0.861. The van der Waals surface area contributed by atoms with Gasteiger partial charge in [0.05, 0.1) is 0 Å². The van der Waals surface area contributed by atoms with Gasteiger partial charge < -0.3 is 0 Å². The smallest absolute Gasteiger partial charge is 0.185 e. The van der Waals surface area contributed by atoms with Crippen molar-refractivity contribution in [1.82, 2.24) is 19.8 Å². The zero-order valence-electron chi connectivity index (χ0n) is 10.9. The summed E-state index contributed by atoms with van der Waals surface area (Å²) < 4.78 is 1.81. The van der Waals surface area contributed by atoms with Gasteiger partial charge in [0.2, 0.25) is 0 Å². The third-order valence-electron chi connectivity index (χ3n) is 2.84. The first-order valence-corrected chi connectivity index (χ1v) is 7.19. The van der Waals surface area contributed by atoms with Crippen LogP contribution in [0.3, 0.4) is 0 Å². The Balaban J connectivity index is 2.12. The highest BCUT2D eigenvalue weighted by Crippen LogP contribution is 2.20. The predicted molar refractivity (Wildman–Crippen MR) is 77.4 cm³/mol. The quantitative estimate of drug-likeness (QED) is 0.685. The van der Waals surface area contributed by atoms with E-state index in [2.05, 4.69) is 41.3 Å². The van der Waals surface area contributed by atoms with Crippen LogP contribution in [0.5, 0.6) is 0 Å². The van der Waals surface area contributed by atoms with Crippen molar-refractivity contribution in [1.29, 1.82) is 0 Å². The average molecular weight is 270 g/mol. The topological polar surface area (TPSA) is 43.1 Å². The number of fused-ring (bicyclic) bond motifs is 1. The fraction of sp³-hybridized carbons (Fsp3) is 0.214. The van der Waals surface area contributed by atoms with Crippen LogP contribution in [0, 0.1) is 6.92 Å². The molecule has 1 aromatic carbocycles. The Kier molecular flexibility index (Phi) is 3.21. The van der Waals surface area contributed by atoms with Crippen molar-refractivity contribution < 1.29 is 0 Å². The normalized spacial score (nSPS) is 11.1. The zero-order chi connectivity index (χ0) is 13.2. The van der Waals surface area contributed by atoms with Crippen molar-refractivity contribution in [2.45, 2.75) is 18.9 Å². The highest BCUT2D eigenvalue weighted by atomic mass is 32.2. The zero-order valence-corrected chi connectivity index (χ0v) is 11.7. The fourth-order valence-corrected chi connectivity index (χ4v) is 2.48. The molecule has 0 aliphatic heterocycles. The molecule has 0 unspecified atom stereocenters. The summed E-state index contributed by atoms with van der Waals surface area (Å²) in [7, 11) is 0. The van der Waals surface area contributed by atoms with E-state index in [1.807, 2.05) is 28.8 Å². The van der Waals surface area contributed by atoms with Gasteiger partial charge in [0.1, 0.15) is 5.03 Å². The third-order valence-corrected chi connectivity index (χ3v) is 3.64. The van der Waals surface area contributed by atoms with E-state index in [0.717, 1.165) is 27.8 Å². The Hall–Kier alpha value is -1.88. The Morgan fingerprint density at radius 2 is 1.84 bits per heavy atom. The minimum Gasteiger partial charge on any atom is -0.192 e. The van der Waals surface area contributed by atoms with Gasteiger partial charge in [-0.2, -0.15) is 9.61 Å². The molecule has 2 aromatic heterocycles. The van der Waals surface area contributed by atoms with E-state index < -0.39 is 0 Å². The first-order chi connectivity index (χ1) is 9.28. The fourth-order valence-electron chi connectivity index (χ4n) is 1.88. The Bertz CT molecular complexity index is 703. The molecule has 0 atom stereocenters. The molecule has 3 rings (SSSR count). The number of aromatic nitrogens is 4. The Morgan fingerprint density at radius 1 is 1.05 bits per heavy atom. The largest absolute Gasteiger partial charge is 0.192 e. The lowest BCUT2D eigenvalue weighted by atomic mass is 10.1. The molecule has 0 fully saturated rings. The van der Waals surface area contributed by atoms with Crippen molar-refractivity contribution >= 4 is 17.4 Å². The lowest BCUT2D eigenvalue weighted by Gasteiger charge is -2.02. The van der Waals surface area contributed by atoms with Crippen LogP contribution >= 0.6 is 11.8 Å². The average Bonchev–Trinajstić information content (AvgIpc) is 2.83. The van der Waals surface area contributed by atoms with Gasteiger partial charge in [-0.15, -0.1) is 22.0 Å². The second-order valence-electron chi connectivity index (χ2n) is 4.26. The van der Waals surface area contributed by atoms with E-state index in [1.165, 1.54) is 5.56 Å². The number of nitrogens with zero attached hydrogens (tertiary/aromatic N) is 4. The molecule has 96 valence electrons. The number of hydrogen-bond acceptors (Lipinski definition) is 4. The van der Waals surface area contributed by atoms with Crippen LogP contribution in [0.25, 0.3) is 17.0 Å². The molecule has 0 saturated carbocycles. The highest BCUT2D eigenvalue weighted by molar-refractivity contribution is 7.99. The van der Waals surface area contributed by atoms with E-state index in [1.54, 1.807) is 11.8 Å². The van der Waals surface area contributed by atoms with Gasteiger partial charge in [0.25, 0.3) is 0 Å². The molecule has 0 N–H and O–H groups in total. The molecule has 0 saturated heterocycles. The molecular formula is C14H14N4S. The maximum absolute atomic E-state index is 4.58. The van der Waals surface area contributed by atoms with Crippen molar-refractivity contribution in [3.63, 3.8) is 0 Å². The summed E-state index contributed by atoms with van der Waals surface area (Å²) in [5.74, 6) is 1.79. The number of aryl methyl sites for hydroxylation is 1. The SMILES string of the molecule is CCSc1ccc2nnc(-c3ccc(C)cc3)n2n1. The number of benzene rings is 1. The second kappa shape index (κ2) is 5.01. The van der Waals surface area contributed by atoms with Crippen LogP contribution in [0.4, 0.5) is 0 Å². The maximum Gasteiger partial charge on any atom is 0.185 e. The number of hydrogen-bond donors (Lipinski definition) is 0. The summed E-state index contributed by atoms with van der Waals surface area (Å²) in [5.41, 5.74) is 3.04. The van der Waals surface area contributed by atoms with E-state index >= 15 is 0 Å². The number of rotatable bonds is 3. The van der Waals surface area contributed by atoms with Crippen LogP contribution in [-0.2, 0) is 0 Å². The van der Waals surface area contributed by atoms with E-state index in [4.69, 9.17) is 0 Å². The van der Waals surface area contributed by atoms with Gasteiger partial charge in [0, 0.05) is 5.56 Å². The second-order valence-corrected chi connectivity index (χ2v) is 5.55. The van der Waals surface area contributed by atoms with Crippen LogP contribution in [0.15, 0.2) is 41.4 Å². The van der Waals surface area contributed by atoms with Gasteiger partial charge in [-0.3, -0.25) is 0 Å². The van der Waals surface area contributed by atoms with E-state index in [0.29, 0.717) is 0 Å². The monoisotopic (exact) mass is 270 g/mol. The summed E-state index contributed by atoms with van der Waals surface area (Å²) in [6.45, 7) is 4.18. The molecule has 5 heteroatoms. The van der Waals surface area contributed by atoms with E-state index in [-0.39, 0.29) is 0 Å². The summed E-state index contributed by atoms with van der Waals surface area (Å²) in [4.78, 5) is 0. The maximum atomic E-state index is 4.58. The molecule has 0 bridgehead atoms. The molecule has 3 aromatic rings. The molecule has 19 heavy (non-hydrogen) atoms. The molecular weight excluding hydrogens is 256 g/mol. The summed E-state index contributed by atoms with van der Waals surface area (Å²) >= 11 is 1.71. The third kappa shape index (κ3) is 2.33. The lowest BCUT2D eigenvalue weighted by Crippen LogP contribution is -1.96. The molecule has 4 nitrogen and oxygen atoms in total. The first-order valence-electron chi connectivity index (χ1n) is 6.20. The van der Waals surface area contributed by atoms with Crippen molar-refractivity contribution in [3.8, 4) is 11.4 Å². The van der Waals surface area contributed by atoms with Crippen LogP contribution in [-0.4, -0.2) is 25.6 Å². The van der Waals surface area contributed by atoms with Crippen molar-refractivity contribution in [2.75, 3.05) is 5.75 Å². The van der Waals surface area contributed by atoms with Gasteiger partial charge in [0.15, 0.2) is 11.5 Å². The molecule has 0 aliphatic carbocycles. The highest BCUT2D eigenvalue weighted by Gasteiger charge is 2.09. The van der Waals surface area contributed by atoms with E-state index in [9.17, 15) is 0 Å². The first kappa shape index (κ1) is 12.2. The molecule has 0 radical (unpaired) electrons. The number of thioether (sulfide) groups is 1. The van der Waals surface area contributed by atoms with Gasteiger partial charge in [-0.05, 0) is 24.8 Å².